The average Bonchev–Trinajstić information content (AvgIpc) is 3.10. The molecular formula is C15H24N4O. The van der Waals surface area contributed by atoms with Crippen molar-refractivity contribution in [1.82, 2.24) is 19.8 Å². The third-order valence-corrected chi connectivity index (χ3v) is 4.76. The lowest BCUT2D eigenvalue weighted by molar-refractivity contribution is 0.0884. The fraction of sp³-hybridized carbons (Fsp3) is 0.733. The topological polar surface area (TPSA) is 50.2 Å². The molecule has 1 aromatic heterocycles. The number of carbonyl (C=O) groups excluding carboxylic acids is 1. The normalized spacial score (nSPS) is 22.2. The van der Waals surface area contributed by atoms with E-state index >= 15 is 0 Å². The van der Waals surface area contributed by atoms with Gasteiger partial charge in [0, 0.05) is 32.2 Å². The molecule has 1 saturated carbocycles. The Balaban J connectivity index is 1.49. The number of nitrogens with one attached hydrogen (secondary N) is 1. The third kappa shape index (κ3) is 2.87. The number of rotatable bonds is 3. The first-order valence-electron chi connectivity index (χ1n) is 7.75. The summed E-state index contributed by atoms with van der Waals surface area (Å²) in [6.45, 7) is 2.25. The lowest BCUT2D eigenvalue weighted by Gasteiger charge is -2.36. The van der Waals surface area contributed by atoms with Gasteiger partial charge in [0.25, 0.3) is 5.91 Å². The van der Waals surface area contributed by atoms with Gasteiger partial charge in [-0.2, -0.15) is 0 Å². The van der Waals surface area contributed by atoms with Gasteiger partial charge in [0.05, 0.1) is 12.5 Å². The number of piperidine rings is 1. The van der Waals surface area contributed by atoms with E-state index in [1.165, 1.54) is 25.7 Å². The van der Waals surface area contributed by atoms with E-state index in [1.54, 1.807) is 17.1 Å². The summed E-state index contributed by atoms with van der Waals surface area (Å²) in [5.74, 6) is 0.00400. The minimum atomic E-state index is 0.00400. The lowest BCUT2D eigenvalue weighted by atomic mass is 10.0. The summed E-state index contributed by atoms with van der Waals surface area (Å²) in [5, 5.41) is 3.15. The van der Waals surface area contributed by atoms with Crippen LogP contribution in [0.15, 0.2) is 12.5 Å². The average molecular weight is 276 g/mol. The van der Waals surface area contributed by atoms with Crippen LogP contribution in [-0.4, -0.2) is 45.5 Å². The van der Waals surface area contributed by atoms with E-state index in [9.17, 15) is 4.79 Å². The first-order chi connectivity index (χ1) is 9.74. The van der Waals surface area contributed by atoms with Crippen molar-refractivity contribution in [1.29, 1.82) is 0 Å². The molecule has 0 bridgehead atoms. The van der Waals surface area contributed by atoms with E-state index in [0.29, 0.717) is 11.7 Å². The highest BCUT2D eigenvalue weighted by Gasteiger charge is 2.27. The number of carbonyl (C=O) groups is 1. The Morgan fingerprint density at radius 2 is 1.95 bits per heavy atom. The highest BCUT2D eigenvalue weighted by atomic mass is 16.2. The Labute approximate surface area is 120 Å². The zero-order chi connectivity index (χ0) is 13.9. The molecule has 2 heterocycles. The molecule has 3 rings (SSSR count). The van der Waals surface area contributed by atoms with Crippen molar-refractivity contribution in [2.45, 2.75) is 50.6 Å². The number of aromatic nitrogens is 2. The van der Waals surface area contributed by atoms with Crippen LogP contribution in [0.1, 0.15) is 49.0 Å². The summed E-state index contributed by atoms with van der Waals surface area (Å²) in [5.41, 5.74) is 0.642. The van der Waals surface area contributed by atoms with Crippen molar-refractivity contribution in [2.75, 3.05) is 13.1 Å². The fourth-order valence-electron chi connectivity index (χ4n) is 3.51. The van der Waals surface area contributed by atoms with Gasteiger partial charge < -0.3 is 14.8 Å². The second-order valence-electron chi connectivity index (χ2n) is 6.11. The van der Waals surface area contributed by atoms with Gasteiger partial charge in [-0.25, -0.2) is 4.98 Å². The van der Waals surface area contributed by atoms with Crippen LogP contribution >= 0.6 is 0 Å². The van der Waals surface area contributed by atoms with Crippen molar-refractivity contribution < 1.29 is 4.79 Å². The van der Waals surface area contributed by atoms with Crippen LogP contribution in [-0.2, 0) is 7.05 Å². The molecular weight excluding hydrogens is 252 g/mol. The number of nitrogens with zero attached hydrogens (tertiary/aromatic N) is 3. The third-order valence-electron chi connectivity index (χ3n) is 4.76. The van der Waals surface area contributed by atoms with Crippen LogP contribution in [0.4, 0.5) is 0 Å². The molecule has 110 valence electrons. The van der Waals surface area contributed by atoms with Gasteiger partial charge in [-0.3, -0.25) is 4.79 Å². The van der Waals surface area contributed by atoms with Gasteiger partial charge in [0.15, 0.2) is 0 Å². The molecule has 1 saturated heterocycles. The highest BCUT2D eigenvalue weighted by molar-refractivity contribution is 5.92. The Morgan fingerprint density at radius 3 is 2.55 bits per heavy atom. The van der Waals surface area contributed by atoms with Crippen molar-refractivity contribution in [3.05, 3.63) is 18.2 Å². The number of hydrogen-bond acceptors (Lipinski definition) is 3. The predicted molar refractivity (Wildman–Crippen MR) is 77.5 cm³/mol. The number of amides is 1. The minimum Gasteiger partial charge on any atom is -0.348 e. The quantitative estimate of drug-likeness (QED) is 0.911. The predicted octanol–water partition coefficient (Wildman–Crippen LogP) is 1.56. The van der Waals surface area contributed by atoms with E-state index < -0.39 is 0 Å². The maximum Gasteiger partial charge on any atom is 0.269 e. The second kappa shape index (κ2) is 5.95. The van der Waals surface area contributed by atoms with E-state index in [2.05, 4.69) is 15.2 Å². The zero-order valence-corrected chi connectivity index (χ0v) is 12.2. The first-order valence-corrected chi connectivity index (χ1v) is 7.75. The number of aryl methyl sites for hydroxylation is 1. The molecule has 0 spiro atoms. The smallest absolute Gasteiger partial charge is 0.269 e. The van der Waals surface area contributed by atoms with Crippen LogP contribution in [0.3, 0.4) is 0 Å². The van der Waals surface area contributed by atoms with Crippen molar-refractivity contribution in [3.8, 4) is 0 Å². The highest BCUT2D eigenvalue weighted by Crippen LogP contribution is 2.26. The Morgan fingerprint density at radius 1 is 1.25 bits per heavy atom. The summed E-state index contributed by atoms with van der Waals surface area (Å²) in [7, 11) is 1.85. The summed E-state index contributed by atoms with van der Waals surface area (Å²) in [6.07, 6.45) is 10.9. The molecule has 0 atom stereocenters. The van der Waals surface area contributed by atoms with Crippen LogP contribution < -0.4 is 5.32 Å². The molecule has 2 fully saturated rings. The molecule has 20 heavy (non-hydrogen) atoms. The van der Waals surface area contributed by atoms with Crippen LogP contribution in [0.5, 0.6) is 0 Å². The monoisotopic (exact) mass is 276 g/mol. The van der Waals surface area contributed by atoms with Crippen molar-refractivity contribution in [3.63, 3.8) is 0 Å². The van der Waals surface area contributed by atoms with E-state index in [0.717, 1.165) is 32.0 Å². The Bertz CT molecular complexity index is 456. The zero-order valence-electron chi connectivity index (χ0n) is 12.2. The van der Waals surface area contributed by atoms with E-state index in [-0.39, 0.29) is 5.91 Å². The molecule has 1 amide bonds. The summed E-state index contributed by atoms with van der Waals surface area (Å²) in [4.78, 5) is 18.8. The van der Waals surface area contributed by atoms with Gasteiger partial charge in [-0.05, 0) is 25.7 Å². The van der Waals surface area contributed by atoms with Gasteiger partial charge >= 0.3 is 0 Å². The minimum absolute atomic E-state index is 0.00400. The standard InChI is InChI=1S/C15H24N4O/c1-18-11-16-10-14(18)15(20)17-12-6-8-19(9-7-12)13-4-2-3-5-13/h10-13H,2-9H2,1H3,(H,17,20). The molecule has 5 heteroatoms. The number of likely N-dealkylation sites (tertiary alicyclic amines) is 1. The Hall–Kier alpha value is -1.36. The first kappa shape index (κ1) is 13.6. The van der Waals surface area contributed by atoms with Crippen LogP contribution in [0.2, 0.25) is 0 Å². The van der Waals surface area contributed by atoms with Gasteiger partial charge in [0.1, 0.15) is 5.69 Å². The molecule has 1 aliphatic heterocycles. The van der Waals surface area contributed by atoms with Gasteiger partial charge in [-0.15, -0.1) is 0 Å². The van der Waals surface area contributed by atoms with Gasteiger partial charge in [-0.1, -0.05) is 12.8 Å². The SMILES string of the molecule is Cn1cncc1C(=O)NC1CCN(C2CCCC2)CC1. The lowest BCUT2D eigenvalue weighted by Crippen LogP contribution is -2.47. The molecule has 1 N–H and O–H groups in total. The van der Waals surface area contributed by atoms with Gasteiger partial charge in [0.2, 0.25) is 0 Å². The van der Waals surface area contributed by atoms with E-state index in [1.807, 2.05) is 7.05 Å². The summed E-state index contributed by atoms with van der Waals surface area (Å²) in [6, 6.07) is 1.12. The fourth-order valence-corrected chi connectivity index (χ4v) is 3.51. The molecule has 5 nitrogen and oxygen atoms in total. The molecule has 1 aliphatic carbocycles. The second-order valence-corrected chi connectivity index (χ2v) is 6.11. The van der Waals surface area contributed by atoms with Crippen molar-refractivity contribution >= 4 is 5.91 Å². The largest absolute Gasteiger partial charge is 0.348 e. The molecule has 1 aromatic rings. The Kier molecular flexibility index (Phi) is 4.05. The van der Waals surface area contributed by atoms with Crippen LogP contribution in [0.25, 0.3) is 0 Å². The van der Waals surface area contributed by atoms with Crippen LogP contribution in [0, 0.1) is 0 Å². The maximum atomic E-state index is 12.1. The number of imidazole rings is 1. The van der Waals surface area contributed by atoms with E-state index in [4.69, 9.17) is 0 Å². The molecule has 0 radical (unpaired) electrons. The molecule has 0 unspecified atom stereocenters. The summed E-state index contributed by atoms with van der Waals surface area (Å²) >= 11 is 0. The van der Waals surface area contributed by atoms with Crippen molar-refractivity contribution in [2.24, 2.45) is 7.05 Å². The summed E-state index contributed by atoms with van der Waals surface area (Å²) < 4.78 is 1.77. The molecule has 0 aromatic carbocycles. The maximum absolute atomic E-state index is 12.1. The number of hydrogen-bond donors (Lipinski definition) is 1. The molecule has 2 aliphatic rings.